The molecule has 0 radical (unpaired) electrons. The van der Waals surface area contributed by atoms with E-state index in [1.165, 1.54) is 0 Å². The van der Waals surface area contributed by atoms with Crippen LogP contribution in [0.1, 0.15) is 0 Å². The second kappa shape index (κ2) is 22.7. The summed E-state index contributed by atoms with van der Waals surface area (Å²) in [5, 5.41) is 0. The van der Waals surface area contributed by atoms with Crippen LogP contribution in [-0.2, 0) is 13.9 Å². The van der Waals surface area contributed by atoms with Gasteiger partial charge in [-0.3, -0.25) is 4.79 Å². The Balaban J connectivity index is -0.0000000267. The Morgan fingerprint density at radius 1 is 1.25 bits per heavy atom. The van der Waals surface area contributed by atoms with Crippen LogP contribution >= 0.6 is 8.69 Å². The third kappa shape index (κ3) is 23.5. The second-order valence-electron chi connectivity index (χ2n) is 0.276. The van der Waals surface area contributed by atoms with Crippen molar-refractivity contribution in [2.75, 3.05) is 0 Å². The second-order valence-corrected chi connectivity index (χ2v) is 0.636. The molecule has 8 heavy (non-hydrogen) atoms. The summed E-state index contributed by atoms with van der Waals surface area (Å²) in [5.74, 6) is 0. The molecule has 0 saturated carbocycles. The Morgan fingerprint density at radius 3 is 1.62 bits per heavy atom. The molecule has 7 heteroatoms. The van der Waals surface area contributed by atoms with Gasteiger partial charge in [-0.15, -0.1) is 0 Å². The van der Waals surface area contributed by atoms with Crippen molar-refractivity contribution in [3.05, 3.63) is 0 Å². The fourth-order valence-electron chi connectivity index (χ4n) is 0.0176. The van der Waals surface area contributed by atoms with Crippen molar-refractivity contribution in [2.24, 2.45) is 0 Å². The molecule has 0 aromatic carbocycles. The van der Waals surface area contributed by atoms with Crippen LogP contribution in [0.3, 0.4) is 0 Å². The van der Waals surface area contributed by atoms with Gasteiger partial charge in [0.2, 0.25) is 0 Å². The van der Waals surface area contributed by atoms with E-state index >= 15 is 0 Å². The maximum atomic E-state index is 9.05. The van der Waals surface area contributed by atoms with Crippen molar-refractivity contribution in [3.8, 4) is 0 Å². The molecule has 0 amide bonds. The van der Waals surface area contributed by atoms with E-state index in [0.717, 1.165) is 0 Å². The van der Waals surface area contributed by atoms with Crippen molar-refractivity contribution in [1.82, 2.24) is 0 Å². The summed E-state index contributed by atoms with van der Waals surface area (Å²) in [6.45, 7) is 0.106. The topological polar surface area (TPSA) is 43.4 Å². The van der Waals surface area contributed by atoms with E-state index in [-0.39, 0.29) is 95.1 Å². The van der Waals surface area contributed by atoms with Gasteiger partial charge in [-0.2, -0.15) is 0 Å². The minimum absolute atomic E-state index is 0. The summed E-state index contributed by atoms with van der Waals surface area (Å²) < 4.78 is 12.6. The zero-order valence-electron chi connectivity index (χ0n) is 2.25. The summed E-state index contributed by atoms with van der Waals surface area (Å²) in [6.07, 6.45) is 0. The molecule has 0 rings (SSSR count). The van der Waals surface area contributed by atoms with Gasteiger partial charge in [0, 0.05) is 0 Å². The molecule has 0 unspecified atom stereocenters. The first-order valence-electron chi connectivity index (χ1n) is 0.837. The molecule has 0 spiro atoms. The van der Waals surface area contributed by atoms with E-state index in [0.29, 0.717) is 0 Å². The Kier molecular flexibility index (Phi) is 63.5. The summed E-state index contributed by atoms with van der Waals surface area (Å²) in [7, 11) is -0.588. The average Bonchev–Trinajstić information content (AvgIpc) is 1.41. The number of hydrogen-bond acceptors (Lipinski definition) is 3. The van der Waals surface area contributed by atoms with Crippen molar-refractivity contribution < 1.29 is 13.9 Å². The molecular formula is CH4Na3O3P. The summed E-state index contributed by atoms with van der Waals surface area (Å²) in [5.41, 5.74) is 0. The Labute approximate surface area is 115 Å². The van der Waals surface area contributed by atoms with Gasteiger partial charge in [-0.05, 0) is 0 Å². The van der Waals surface area contributed by atoms with Crippen LogP contribution in [0.25, 0.3) is 0 Å². The van der Waals surface area contributed by atoms with Gasteiger partial charge < -0.3 is 4.52 Å². The van der Waals surface area contributed by atoms with E-state index in [4.69, 9.17) is 9.36 Å². The molecule has 0 saturated heterocycles. The van der Waals surface area contributed by atoms with Gasteiger partial charge in [0.25, 0.3) is 0 Å². The Bertz CT molecular complexity index is 43.8. The minimum atomic E-state index is -0.588. The van der Waals surface area contributed by atoms with Gasteiger partial charge in [0.15, 0.2) is 0 Å². The van der Waals surface area contributed by atoms with Crippen LogP contribution in [-0.4, -0.2) is 95.1 Å². The zero-order valence-corrected chi connectivity index (χ0v) is 3.14. The van der Waals surface area contributed by atoms with E-state index in [9.17, 15) is 0 Å². The fraction of sp³-hybridized carbons (Fsp3) is 0. The first-order chi connectivity index (χ1) is 2.41. The molecule has 0 aliphatic carbocycles. The molecule has 34 valence electrons. The first-order valence-corrected chi connectivity index (χ1v) is 1.57. The summed E-state index contributed by atoms with van der Waals surface area (Å²) >= 11 is 0. The number of hydrogen-bond donors (Lipinski definition) is 0. The van der Waals surface area contributed by atoms with Crippen LogP contribution in [0.15, 0.2) is 0 Å². The van der Waals surface area contributed by atoms with Crippen molar-refractivity contribution in [2.45, 2.75) is 0 Å². The van der Waals surface area contributed by atoms with E-state index < -0.39 is 8.69 Å². The van der Waals surface area contributed by atoms with Crippen molar-refractivity contribution in [3.63, 3.8) is 0 Å². The number of rotatable bonds is 2. The van der Waals surface area contributed by atoms with Crippen LogP contribution in [0.5, 0.6) is 0 Å². The van der Waals surface area contributed by atoms with Crippen molar-refractivity contribution in [1.29, 1.82) is 0 Å². The van der Waals surface area contributed by atoms with Crippen LogP contribution in [0.4, 0.5) is 0 Å². The number of carbonyl (C=O) groups is 1. The van der Waals surface area contributed by atoms with E-state index in [2.05, 4.69) is 4.52 Å². The van der Waals surface area contributed by atoms with E-state index in [1.54, 1.807) is 0 Å². The Hall–Kier alpha value is 2.57. The van der Waals surface area contributed by atoms with Gasteiger partial charge in [-0.1, -0.05) is 0 Å². The molecule has 0 N–H and O–H groups in total. The van der Waals surface area contributed by atoms with Crippen LogP contribution in [0, 0.1) is 0 Å². The van der Waals surface area contributed by atoms with Gasteiger partial charge in [0.1, 0.15) is 0 Å². The first kappa shape index (κ1) is 22.4. The van der Waals surface area contributed by atoms with Gasteiger partial charge in [-0.25, -0.2) is 4.57 Å². The fourth-order valence-corrected chi connectivity index (χ4v) is 0.0527. The number of carbonyl (C=O) groups excluding carboxylic acids is 1. The third-order valence-electron chi connectivity index (χ3n) is 0.0861. The molecule has 0 aromatic heterocycles. The van der Waals surface area contributed by atoms with Crippen LogP contribution < -0.4 is 0 Å². The predicted molar refractivity (Wildman–Crippen MR) is 36.2 cm³/mol. The molecule has 0 aromatic rings. The molecule has 0 bridgehead atoms. The van der Waals surface area contributed by atoms with E-state index in [1.807, 2.05) is 0 Å². The monoisotopic (exact) mass is 164 g/mol. The van der Waals surface area contributed by atoms with Gasteiger partial charge >= 0.3 is 104 Å². The van der Waals surface area contributed by atoms with Crippen LogP contribution in [0.2, 0.25) is 0 Å². The summed E-state index contributed by atoms with van der Waals surface area (Å²) in [4.78, 5) is 8.98. The normalized spacial score (nSPS) is 4.50. The quantitative estimate of drug-likeness (QED) is 0.281. The van der Waals surface area contributed by atoms with Crippen molar-refractivity contribution >= 4 is 104 Å². The maximum absolute atomic E-state index is 9.05. The molecule has 0 atom stereocenters. The molecule has 0 aliphatic heterocycles. The Morgan fingerprint density at radius 2 is 1.62 bits per heavy atom. The zero-order chi connectivity index (χ0) is 4.12. The molecule has 0 heterocycles. The molecular weight excluding hydrogens is 160 g/mol. The van der Waals surface area contributed by atoms with Gasteiger partial charge in [0.05, 0.1) is 0 Å². The molecule has 3 nitrogen and oxygen atoms in total. The molecule has 0 aliphatic rings. The molecule has 0 fully saturated rings. The predicted octanol–water partition coefficient (Wildman–Crippen LogP) is -1.58. The SMILES string of the molecule is O=COP=O.[NaH].[NaH].[NaH]. The third-order valence-corrected chi connectivity index (χ3v) is 0.258. The average molecular weight is 164 g/mol. The standard InChI is InChI=1S/CHO3P.3Na.3H/c2-1-4-5-3;;;;;;/h1H;;;;;;. The summed E-state index contributed by atoms with van der Waals surface area (Å²) in [6, 6.07) is 0.